The minimum atomic E-state index is -1.91. The van der Waals surface area contributed by atoms with Gasteiger partial charge in [-0.25, -0.2) is 4.79 Å². The van der Waals surface area contributed by atoms with Gasteiger partial charge in [-0.1, -0.05) is 183 Å². The number of carbonyl (C=O) groups is 4. The van der Waals surface area contributed by atoms with Crippen LogP contribution in [-0.2, 0) is 42.9 Å². The van der Waals surface area contributed by atoms with E-state index in [2.05, 4.69) is 106 Å². The first-order valence-electron chi connectivity index (χ1n) is 28.6. The molecule has 12 nitrogen and oxygen atoms in total. The van der Waals surface area contributed by atoms with Crippen LogP contribution in [0.15, 0.2) is 85.1 Å². The van der Waals surface area contributed by atoms with Gasteiger partial charge >= 0.3 is 23.9 Å². The van der Waals surface area contributed by atoms with Gasteiger partial charge < -0.3 is 39.0 Å². The number of aliphatic hydroxyl groups is 2. The lowest BCUT2D eigenvalue weighted by Gasteiger charge is -2.40. The fourth-order valence-corrected chi connectivity index (χ4v) is 8.04. The Morgan fingerprint density at radius 2 is 0.890 bits per heavy atom. The van der Waals surface area contributed by atoms with E-state index in [0.29, 0.717) is 19.3 Å². The summed E-state index contributed by atoms with van der Waals surface area (Å²) in [6.45, 7) is 5.75. The SMILES string of the molecule is CC/C=C\C/C=C\C/C=C\C/C=C\CCCCCCC(=O)OCC(COC1OC(C(=O)O)C(O)C(O)C1OC(=O)CCCCCCC/C=C\C/C=C\CCC)OC(=O)CCCCCCC/C=C\CCCCCC. The smallest absolute Gasteiger partial charge is 0.335 e. The molecule has 0 aromatic carbocycles. The average Bonchev–Trinajstić information content (AvgIpc) is 3.37. The Labute approximate surface area is 441 Å². The molecule has 1 aliphatic rings. The molecule has 1 fully saturated rings. The standard InChI is InChI=1S/C61H100O12/c1-4-7-10-13-16-19-22-25-26-27-28-31-32-35-38-41-44-47-53(62)69-50-52(71-54(63)48-45-42-39-36-33-29-23-20-17-14-11-8-5-2)51-70-61-59(57(66)56(65)58(73-61)60(67)68)72-55(64)49-46-43-40-37-34-30-24-21-18-15-12-9-6-3/h7,10,12,15-16,19-21,23-26,28,31,52,56-59,61,65-66H,4-6,8-9,11,13-14,17-18,22,27,29-30,32-51H2,1-3H3,(H,67,68)/b10-7-,15-12-,19-16-,23-20-,24-21-,26-25-,31-28-. The van der Waals surface area contributed by atoms with E-state index in [1.54, 1.807) is 0 Å². The fraction of sp³-hybridized carbons (Fsp3) is 0.705. The third-order valence-electron chi connectivity index (χ3n) is 12.4. The third-order valence-corrected chi connectivity index (χ3v) is 12.4. The Morgan fingerprint density at radius 1 is 0.466 bits per heavy atom. The van der Waals surface area contributed by atoms with Gasteiger partial charge in [0.1, 0.15) is 18.8 Å². The first-order chi connectivity index (χ1) is 35.6. The van der Waals surface area contributed by atoms with Gasteiger partial charge in [0.15, 0.2) is 24.6 Å². The van der Waals surface area contributed by atoms with Crippen molar-refractivity contribution in [1.82, 2.24) is 0 Å². The summed E-state index contributed by atoms with van der Waals surface area (Å²) in [7, 11) is 0. The number of unbranched alkanes of at least 4 members (excludes halogenated alkanes) is 19. The molecule has 0 aromatic rings. The molecule has 0 radical (unpaired) electrons. The monoisotopic (exact) mass is 1020 g/mol. The lowest BCUT2D eigenvalue weighted by Crippen LogP contribution is -2.61. The van der Waals surface area contributed by atoms with Gasteiger partial charge in [-0.2, -0.15) is 0 Å². The van der Waals surface area contributed by atoms with Crippen LogP contribution in [0.5, 0.6) is 0 Å². The summed E-state index contributed by atoms with van der Waals surface area (Å²) < 4.78 is 28.3. The molecule has 1 aliphatic heterocycles. The predicted molar refractivity (Wildman–Crippen MR) is 294 cm³/mol. The van der Waals surface area contributed by atoms with Gasteiger partial charge in [0.05, 0.1) is 6.61 Å². The molecular formula is C61H100O12. The number of carboxylic acid groups (broad SMARTS) is 1. The van der Waals surface area contributed by atoms with Gasteiger partial charge in [-0.3, -0.25) is 14.4 Å². The molecule has 0 aromatic heterocycles. The van der Waals surface area contributed by atoms with Crippen LogP contribution in [-0.4, -0.2) is 89.2 Å². The second kappa shape index (κ2) is 48.8. The van der Waals surface area contributed by atoms with Gasteiger partial charge in [0, 0.05) is 19.3 Å². The van der Waals surface area contributed by atoms with Crippen LogP contribution in [0.2, 0.25) is 0 Å². The number of rotatable bonds is 47. The predicted octanol–water partition coefficient (Wildman–Crippen LogP) is 14.3. The quantitative estimate of drug-likeness (QED) is 0.0228. The van der Waals surface area contributed by atoms with Crippen LogP contribution in [0.3, 0.4) is 0 Å². The van der Waals surface area contributed by atoms with Crippen LogP contribution < -0.4 is 0 Å². The number of hydrogen-bond donors (Lipinski definition) is 3. The lowest BCUT2D eigenvalue weighted by atomic mass is 9.98. The highest BCUT2D eigenvalue weighted by molar-refractivity contribution is 5.74. The zero-order chi connectivity index (χ0) is 53.3. The van der Waals surface area contributed by atoms with E-state index in [1.807, 2.05) is 0 Å². The molecule has 0 amide bonds. The van der Waals surface area contributed by atoms with Crippen LogP contribution in [0, 0.1) is 0 Å². The summed E-state index contributed by atoms with van der Waals surface area (Å²) in [4.78, 5) is 51.0. The molecule has 1 saturated heterocycles. The number of aliphatic carboxylic acids is 1. The highest BCUT2D eigenvalue weighted by Crippen LogP contribution is 2.26. The summed E-state index contributed by atoms with van der Waals surface area (Å²) in [5, 5.41) is 31.4. The zero-order valence-corrected chi connectivity index (χ0v) is 45.6. The molecule has 73 heavy (non-hydrogen) atoms. The van der Waals surface area contributed by atoms with E-state index in [9.17, 15) is 34.5 Å². The van der Waals surface area contributed by atoms with E-state index in [4.69, 9.17) is 23.7 Å². The minimum absolute atomic E-state index is 0.0378. The van der Waals surface area contributed by atoms with Gasteiger partial charge in [-0.15, -0.1) is 0 Å². The van der Waals surface area contributed by atoms with Crippen molar-refractivity contribution in [1.29, 1.82) is 0 Å². The fourth-order valence-electron chi connectivity index (χ4n) is 8.04. The summed E-state index contributed by atoms with van der Waals surface area (Å²) in [6, 6.07) is 0. The number of esters is 3. The Balaban J connectivity index is 2.73. The molecule has 1 heterocycles. The molecule has 1 rings (SSSR count). The summed E-state index contributed by atoms with van der Waals surface area (Å²) in [6.07, 6.45) is 49.8. The lowest BCUT2D eigenvalue weighted by molar-refractivity contribution is -0.301. The molecule has 0 aliphatic carbocycles. The van der Waals surface area contributed by atoms with Gasteiger partial charge in [0.2, 0.25) is 0 Å². The Hall–Kier alpha value is -4.10. The van der Waals surface area contributed by atoms with E-state index < -0.39 is 67.3 Å². The highest BCUT2D eigenvalue weighted by Gasteiger charge is 2.50. The maximum atomic E-state index is 13.1. The maximum absolute atomic E-state index is 13.1. The van der Waals surface area contributed by atoms with Crippen LogP contribution in [0.4, 0.5) is 0 Å². The number of allylic oxidation sites excluding steroid dienone is 14. The Bertz CT molecular complexity index is 1590. The molecular weight excluding hydrogens is 925 g/mol. The van der Waals surface area contributed by atoms with Crippen molar-refractivity contribution in [3.63, 3.8) is 0 Å². The number of aliphatic hydroxyl groups excluding tert-OH is 2. The second-order valence-electron chi connectivity index (χ2n) is 19.2. The van der Waals surface area contributed by atoms with Crippen LogP contribution in [0.1, 0.15) is 226 Å². The number of ether oxygens (including phenoxy) is 5. The maximum Gasteiger partial charge on any atom is 0.335 e. The van der Waals surface area contributed by atoms with E-state index >= 15 is 0 Å². The minimum Gasteiger partial charge on any atom is -0.479 e. The molecule has 3 N–H and O–H groups in total. The van der Waals surface area contributed by atoms with Crippen molar-refractivity contribution in [2.75, 3.05) is 13.2 Å². The second-order valence-corrected chi connectivity index (χ2v) is 19.2. The first kappa shape index (κ1) is 66.9. The topological polar surface area (TPSA) is 175 Å². The van der Waals surface area contributed by atoms with Crippen molar-refractivity contribution >= 4 is 23.9 Å². The molecule has 0 spiro atoms. The van der Waals surface area contributed by atoms with E-state index in [0.717, 1.165) is 141 Å². The molecule has 0 bridgehead atoms. The van der Waals surface area contributed by atoms with Crippen molar-refractivity contribution in [2.24, 2.45) is 0 Å². The van der Waals surface area contributed by atoms with Crippen molar-refractivity contribution < 1.29 is 58.2 Å². The molecule has 0 saturated carbocycles. The Morgan fingerprint density at radius 3 is 1.38 bits per heavy atom. The van der Waals surface area contributed by atoms with Gasteiger partial charge in [-0.05, 0) is 109 Å². The first-order valence-corrected chi connectivity index (χ1v) is 28.6. The molecule has 416 valence electrons. The van der Waals surface area contributed by atoms with Crippen molar-refractivity contribution in [2.45, 2.75) is 263 Å². The van der Waals surface area contributed by atoms with Crippen LogP contribution >= 0.6 is 0 Å². The Kier molecular flexibility index (Phi) is 44.7. The summed E-state index contributed by atoms with van der Waals surface area (Å²) in [5.41, 5.74) is 0. The van der Waals surface area contributed by atoms with Crippen molar-refractivity contribution in [3.8, 4) is 0 Å². The number of carbonyl (C=O) groups excluding carboxylic acids is 3. The number of carboxylic acids is 1. The molecule has 6 atom stereocenters. The van der Waals surface area contributed by atoms with Crippen molar-refractivity contribution in [3.05, 3.63) is 85.1 Å². The average molecular weight is 1030 g/mol. The van der Waals surface area contributed by atoms with E-state index in [1.165, 1.54) is 25.7 Å². The summed E-state index contributed by atoms with van der Waals surface area (Å²) >= 11 is 0. The zero-order valence-electron chi connectivity index (χ0n) is 45.6. The van der Waals surface area contributed by atoms with Crippen LogP contribution in [0.25, 0.3) is 0 Å². The van der Waals surface area contributed by atoms with Gasteiger partial charge in [0.25, 0.3) is 0 Å². The normalized spacial score (nSPS) is 18.9. The highest BCUT2D eigenvalue weighted by atomic mass is 16.7. The molecule has 12 heteroatoms. The number of hydrogen-bond acceptors (Lipinski definition) is 11. The largest absolute Gasteiger partial charge is 0.479 e. The van der Waals surface area contributed by atoms with E-state index in [-0.39, 0.29) is 25.9 Å². The molecule has 6 unspecified atom stereocenters. The summed E-state index contributed by atoms with van der Waals surface area (Å²) in [5.74, 6) is -3.19. The third kappa shape index (κ3) is 39.0.